The van der Waals surface area contributed by atoms with E-state index in [1.807, 2.05) is 30.3 Å². The Balaban J connectivity index is 1.50. The predicted octanol–water partition coefficient (Wildman–Crippen LogP) is 3.94. The average molecular weight is 322 g/mol. The molecule has 0 unspecified atom stereocenters. The Hall–Kier alpha value is -2.69. The molecule has 5 nitrogen and oxygen atoms in total. The predicted molar refractivity (Wildman–Crippen MR) is 90.8 cm³/mol. The van der Waals surface area contributed by atoms with E-state index >= 15 is 0 Å². The van der Waals surface area contributed by atoms with Gasteiger partial charge in [0.15, 0.2) is 17.1 Å². The van der Waals surface area contributed by atoms with Gasteiger partial charge < -0.3 is 18.8 Å². The molecule has 0 bridgehead atoms. The van der Waals surface area contributed by atoms with Gasteiger partial charge in [-0.3, -0.25) is 0 Å². The fourth-order valence-corrected chi connectivity index (χ4v) is 3.59. The lowest BCUT2D eigenvalue weighted by Gasteiger charge is -2.25. The summed E-state index contributed by atoms with van der Waals surface area (Å²) in [5, 5.41) is 0. The zero-order valence-electron chi connectivity index (χ0n) is 13.3. The number of para-hydroxylation sites is 2. The highest BCUT2D eigenvalue weighted by atomic mass is 16.6. The second-order valence-electron chi connectivity index (χ2n) is 6.22. The second-order valence-corrected chi connectivity index (χ2v) is 6.22. The van der Waals surface area contributed by atoms with Crippen molar-refractivity contribution in [2.24, 2.45) is 0 Å². The molecule has 1 saturated heterocycles. The standard InChI is InChI=1S/C19H18N2O3/c1-2-6-16-14(4-1)20-19(24-16)21-9-3-5-15(21)13-7-8-17-18(12-13)23-11-10-22-17/h1-2,4,6-8,12,15H,3,5,9-11H2/t15-/m1/s1. The fourth-order valence-electron chi connectivity index (χ4n) is 3.59. The normalized spacial score (nSPS) is 19.8. The Morgan fingerprint density at radius 1 is 1.00 bits per heavy atom. The molecule has 3 heterocycles. The van der Waals surface area contributed by atoms with Gasteiger partial charge in [-0.05, 0) is 42.7 Å². The van der Waals surface area contributed by atoms with E-state index in [1.165, 1.54) is 5.56 Å². The van der Waals surface area contributed by atoms with Crippen LogP contribution in [0.2, 0.25) is 0 Å². The summed E-state index contributed by atoms with van der Waals surface area (Å²) in [6.07, 6.45) is 2.20. The SMILES string of the molecule is c1ccc2oc(N3CCC[C@@H]3c3ccc4c(c3)OCCO4)nc2c1. The summed E-state index contributed by atoms with van der Waals surface area (Å²) in [6, 6.07) is 15.1. The first kappa shape index (κ1) is 13.7. The van der Waals surface area contributed by atoms with Gasteiger partial charge in [-0.15, -0.1) is 0 Å². The summed E-state index contributed by atoms with van der Waals surface area (Å²) >= 11 is 0. The molecule has 1 aromatic heterocycles. The highest BCUT2D eigenvalue weighted by Gasteiger charge is 2.30. The van der Waals surface area contributed by atoms with Crippen molar-refractivity contribution in [3.63, 3.8) is 0 Å². The second kappa shape index (κ2) is 5.44. The maximum Gasteiger partial charge on any atom is 0.298 e. The molecular formula is C19H18N2O3. The number of ether oxygens (including phenoxy) is 2. The molecular weight excluding hydrogens is 304 g/mol. The summed E-state index contributed by atoms with van der Waals surface area (Å²) in [5.74, 6) is 1.67. The minimum atomic E-state index is 0.258. The third-order valence-electron chi connectivity index (χ3n) is 4.73. The van der Waals surface area contributed by atoms with Gasteiger partial charge in [0.25, 0.3) is 6.01 Å². The lowest BCUT2D eigenvalue weighted by atomic mass is 10.0. The fraction of sp³-hybridized carbons (Fsp3) is 0.316. The molecule has 1 fully saturated rings. The first-order chi connectivity index (χ1) is 11.9. The topological polar surface area (TPSA) is 47.7 Å². The van der Waals surface area contributed by atoms with Crippen molar-refractivity contribution in [3.05, 3.63) is 48.0 Å². The molecule has 2 aliphatic heterocycles. The van der Waals surface area contributed by atoms with Gasteiger partial charge in [-0.25, -0.2) is 0 Å². The van der Waals surface area contributed by atoms with Crippen molar-refractivity contribution in [2.45, 2.75) is 18.9 Å². The van der Waals surface area contributed by atoms with Crippen molar-refractivity contribution >= 4 is 17.1 Å². The third kappa shape index (κ3) is 2.19. The molecule has 1 atom stereocenters. The van der Waals surface area contributed by atoms with E-state index in [0.717, 1.165) is 42.0 Å². The number of hydrogen-bond donors (Lipinski definition) is 0. The molecule has 0 N–H and O–H groups in total. The van der Waals surface area contributed by atoms with Crippen LogP contribution in [0.25, 0.3) is 11.1 Å². The van der Waals surface area contributed by atoms with Crippen LogP contribution < -0.4 is 14.4 Å². The van der Waals surface area contributed by atoms with Gasteiger partial charge >= 0.3 is 0 Å². The molecule has 0 radical (unpaired) electrons. The molecule has 2 aromatic carbocycles. The maximum atomic E-state index is 5.98. The Kier molecular flexibility index (Phi) is 3.11. The van der Waals surface area contributed by atoms with Crippen LogP contribution in [0.4, 0.5) is 6.01 Å². The van der Waals surface area contributed by atoms with E-state index in [2.05, 4.69) is 22.0 Å². The van der Waals surface area contributed by atoms with E-state index in [0.29, 0.717) is 19.2 Å². The minimum Gasteiger partial charge on any atom is -0.486 e. The molecule has 0 aliphatic carbocycles. The molecule has 5 heteroatoms. The van der Waals surface area contributed by atoms with Crippen molar-refractivity contribution in [1.82, 2.24) is 4.98 Å². The third-order valence-corrected chi connectivity index (χ3v) is 4.73. The highest BCUT2D eigenvalue weighted by Crippen LogP contribution is 2.40. The van der Waals surface area contributed by atoms with Crippen LogP contribution in [0.3, 0.4) is 0 Å². The molecule has 3 aromatic rings. The van der Waals surface area contributed by atoms with Crippen LogP contribution in [0.1, 0.15) is 24.4 Å². The summed E-state index contributed by atoms with van der Waals surface area (Å²) in [7, 11) is 0. The van der Waals surface area contributed by atoms with Gasteiger partial charge in [0, 0.05) is 6.54 Å². The molecule has 5 rings (SSSR count). The quantitative estimate of drug-likeness (QED) is 0.715. The van der Waals surface area contributed by atoms with Crippen LogP contribution >= 0.6 is 0 Å². The summed E-state index contributed by atoms with van der Waals surface area (Å²) in [4.78, 5) is 6.92. The van der Waals surface area contributed by atoms with E-state index < -0.39 is 0 Å². The average Bonchev–Trinajstić information content (AvgIpc) is 3.27. The Morgan fingerprint density at radius 2 is 1.88 bits per heavy atom. The molecule has 122 valence electrons. The van der Waals surface area contributed by atoms with Crippen molar-refractivity contribution in [2.75, 3.05) is 24.7 Å². The van der Waals surface area contributed by atoms with Gasteiger partial charge in [-0.2, -0.15) is 4.98 Å². The van der Waals surface area contributed by atoms with Crippen LogP contribution in [0.15, 0.2) is 46.9 Å². The Bertz CT molecular complexity index is 856. The van der Waals surface area contributed by atoms with E-state index in [1.54, 1.807) is 0 Å². The Labute approximate surface area is 139 Å². The molecule has 0 amide bonds. The smallest absolute Gasteiger partial charge is 0.298 e. The van der Waals surface area contributed by atoms with Crippen LogP contribution in [0.5, 0.6) is 11.5 Å². The lowest BCUT2D eigenvalue weighted by molar-refractivity contribution is 0.171. The molecule has 0 spiro atoms. The van der Waals surface area contributed by atoms with Crippen molar-refractivity contribution in [3.8, 4) is 11.5 Å². The number of rotatable bonds is 2. The van der Waals surface area contributed by atoms with Crippen LogP contribution in [0, 0.1) is 0 Å². The number of oxazole rings is 1. The number of hydrogen-bond acceptors (Lipinski definition) is 5. The van der Waals surface area contributed by atoms with Gasteiger partial charge in [0.2, 0.25) is 0 Å². The number of aromatic nitrogens is 1. The maximum absolute atomic E-state index is 5.98. The van der Waals surface area contributed by atoms with E-state index in [-0.39, 0.29) is 6.04 Å². The minimum absolute atomic E-state index is 0.258. The van der Waals surface area contributed by atoms with Crippen molar-refractivity contribution < 1.29 is 13.9 Å². The summed E-state index contributed by atoms with van der Waals surface area (Å²) in [6.45, 7) is 2.17. The number of nitrogens with zero attached hydrogens (tertiary/aromatic N) is 2. The van der Waals surface area contributed by atoms with E-state index in [4.69, 9.17) is 13.9 Å². The Morgan fingerprint density at radius 3 is 2.79 bits per heavy atom. The van der Waals surface area contributed by atoms with Crippen LogP contribution in [-0.2, 0) is 0 Å². The number of anilines is 1. The zero-order valence-corrected chi connectivity index (χ0v) is 13.3. The van der Waals surface area contributed by atoms with Crippen molar-refractivity contribution in [1.29, 1.82) is 0 Å². The first-order valence-corrected chi connectivity index (χ1v) is 8.40. The van der Waals surface area contributed by atoms with Gasteiger partial charge in [-0.1, -0.05) is 18.2 Å². The largest absolute Gasteiger partial charge is 0.486 e. The lowest BCUT2D eigenvalue weighted by Crippen LogP contribution is -2.23. The van der Waals surface area contributed by atoms with E-state index in [9.17, 15) is 0 Å². The summed E-state index contributed by atoms with van der Waals surface area (Å²) < 4.78 is 17.3. The zero-order chi connectivity index (χ0) is 15.9. The first-order valence-electron chi connectivity index (χ1n) is 8.40. The van der Waals surface area contributed by atoms with Crippen LogP contribution in [-0.4, -0.2) is 24.7 Å². The van der Waals surface area contributed by atoms with Gasteiger partial charge in [0.1, 0.15) is 18.7 Å². The van der Waals surface area contributed by atoms with Gasteiger partial charge in [0.05, 0.1) is 6.04 Å². The molecule has 0 saturated carbocycles. The highest BCUT2D eigenvalue weighted by molar-refractivity contribution is 5.74. The number of benzene rings is 2. The molecule has 24 heavy (non-hydrogen) atoms. The molecule has 2 aliphatic rings. The monoisotopic (exact) mass is 322 g/mol. The summed E-state index contributed by atoms with van der Waals surface area (Å²) in [5.41, 5.74) is 2.96. The number of fused-ring (bicyclic) bond motifs is 2.